The molecule has 1 saturated heterocycles. The number of piperazine rings is 1. The summed E-state index contributed by atoms with van der Waals surface area (Å²) in [5, 5.41) is 8.86. The average Bonchev–Trinajstić information content (AvgIpc) is 2.47. The molecule has 1 aromatic rings. The Kier molecular flexibility index (Phi) is 5.49. The fourth-order valence-electron chi connectivity index (χ4n) is 2.18. The van der Waals surface area contributed by atoms with Gasteiger partial charge in [-0.2, -0.15) is 0 Å². The summed E-state index contributed by atoms with van der Waals surface area (Å²) in [6, 6.07) is 5.15. The molecule has 7 heteroatoms. The third-order valence-corrected chi connectivity index (χ3v) is 3.88. The Morgan fingerprint density at radius 2 is 2.27 bits per heavy atom. The van der Waals surface area contributed by atoms with Crippen LogP contribution in [0.5, 0.6) is 0 Å². The molecule has 3 N–H and O–H groups in total. The van der Waals surface area contributed by atoms with Gasteiger partial charge in [0.1, 0.15) is 0 Å². The summed E-state index contributed by atoms with van der Waals surface area (Å²) in [6.07, 6.45) is 0.865. The summed E-state index contributed by atoms with van der Waals surface area (Å²) in [4.78, 5) is 25.2. The van der Waals surface area contributed by atoms with Crippen LogP contribution in [0.25, 0.3) is 0 Å². The van der Waals surface area contributed by atoms with Crippen LogP contribution in [0.15, 0.2) is 18.2 Å². The minimum atomic E-state index is -0.254. The van der Waals surface area contributed by atoms with Gasteiger partial charge < -0.3 is 20.9 Å². The monoisotopic (exact) mass is 324 g/mol. The molecule has 0 unspecified atom stereocenters. The van der Waals surface area contributed by atoms with Gasteiger partial charge in [-0.15, -0.1) is 0 Å². The Morgan fingerprint density at radius 1 is 1.50 bits per heavy atom. The first-order valence-electron chi connectivity index (χ1n) is 7.38. The van der Waals surface area contributed by atoms with E-state index in [9.17, 15) is 9.59 Å². The van der Waals surface area contributed by atoms with Crippen LogP contribution in [-0.2, 0) is 4.79 Å². The third-order valence-electron chi connectivity index (χ3n) is 3.57. The maximum atomic E-state index is 11.8. The zero-order valence-corrected chi connectivity index (χ0v) is 13.5. The Bertz CT molecular complexity index is 564. The highest BCUT2D eigenvalue weighted by atomic mass is 35.5. The standard InChI is InChI=1S/C15H21ClN4O2/c1-3-10(2)18-15(22)19-11-4-5-13(12(16)8-11)20-7-6-17-14(21)9-20/h4-5,8,10H,3,6-7,9H2,1-2H3,(H,17,21)(H2,18,19,22)/t10-/m0/s1. The molecule has 1 aromatic carbocycles. The molecule has 1 heterocycles. The van der Waals surface area contributed by atoms with Crippen LogP contribution in [0.4, 0.5) is 16.2 Å². The van der Waals surface area contributed by atoms with E-state index >= 15 is 0 Å². The highest BCUT2D eigenvalue weighted by Gasteiger charge is 2.18. The van der Waals surface area contributed by atoms with Crippen LogP contribution in [0, 0.1) is 0 Å². The predicted molar refractivity (Wildman–Crippen MR) is 88.6 cm³/mol. The number of nitrogens with one attached hydrogen (secondary N) is 3. The van der Waals surface area contributed by atoms with Crippen molar-refractivity contribution < 1.29 is 9.59 Å². The molecule has 0 saturated carbocycles. The lowest BCUT2D eigenvalue weighted by atomic mass is 10.2. The summed E-state index contributed by atoms with van der Waals surface area (Å²) in [7, 11) is 0. The fraction of sp³-hybridized carbons (Fsp3) is 0.467. The number of hydrogen-bond donors (Lipinski definition) is 3. The van der Waals surface area contributed by atoms with Gasteiger partial charge in [0.25, 0.3) is 0 Å². The molecule has 2 rings (SSSR count). The number of anilines is 2. The number of nitrogens with zero attached hydrogens (tertiary/aromatic N) is 1. The van der Waals surface area contributed by atoms with Crippen molar-refractivity contribution in [3.8, 4) is 0 Å². The number of rotatable bonds is 4. The van der Waals surface area contributed by atoms with Crippen molar-refractivity contribution in [3.63, 3.8) is 0 Å². The lowest BCUT2D eigenvalue weighted by Crippen LogP contribution is -2.47. The fourth-order valence-corrected chi connectivity index (χ4v) is 2.48. The molecular formula is C15H21ClN4O2. The van der Waals surface area contributed by atoms with E-state index in [-0.39, 0.29) is 18.0 Å². The van der Waals surface area contributed by atoms with E-state index in [0.29, 0.717) is 30.3 Å². The number of hydrogen-bond acceptors (Lipinski definition) is 3. The molecule has 0 spiro atoms. The van der Waals surface area contributed by atoms with Gasteiger partial charge in [-0.25, -0.2) is 4.79 Å². The smallest absolute Gasteiger partial charge is 0.319 e. The topological polar surface area (TPSA) is 73.5 Å². The number of halogens is 1. The molecule has 3 amide bonds. The lowest BCUT2D eigenvalue weighted by molar-refractivity contribution is -0.120. The maximum absolute atomic E-state index is 11.8. The molecule has 1 atom stereocenters. The van der Waals surface area contributed by atoms with E-state index in [2.05, 4.69) is 16.0 Å². The van der Waals surface area contributed by atoms with Gasteiger partial charge in [0.15, 0.2) is 0 Å². The summed E-state index contributed by atoms with van der Waals surface area (Å²) in [5.74, 6) is -0.0163. The summed E-state index contributed by atoms with van der Waals surface area (Å²) < 4.78 is 0. The van der Waals surface area contributed by atoms with Gasteiger partial charge in [0, 0.05) is 24.8 Å². The highest BCUT2D eigenvalue weighted by molar-refractivity contribution is 6.33. The zero-order valence-electron chi connectivity index (χ0n) is 12.8. The quantitative estimate of drug-likeness (QED) is 0.795. The molecule has 1 fully saturated rings. The molecule has 0 bridgehead atoms. The van der Waals surface area contributed by atoms with E-state index < -0.39 is 0 Å². The van der Waals surface area contributed by atoms with E-state index in [1.165, 1.54) is 0 Å². The van der Waals surface area contributed by atoms with Crippen LogP contribution >= 0.6 is 11.6 Å². The first kappa shape index (κ1) is 16.4. The molecule has 0 aromatic heterocycles. The van der Waals surface area contributed by atoms with Crippen LogP contribution in [-0.4, -0.2) is 37.6 Å². The number of carbonyl (C=O) groups excluding carboxylic acids is 2. The van der Waals surface area contributed by atoms with Crippen molar-refractivity contribution in [1.82, 2.24) is 10.6 Å². The predicted octanol–water partition coefficient (Wildman–Crippen LogP) is 2.20. The van der Waals surface area contributed by atoms with Crippen molar-refractivity contribution in [2.45, 2.75) is 26.3 Å². The van der Waals surface area contributed by atoms with Crippen LogP contribution in [0.2, 0.25) is 5.02 Å². The SMILES string of the molecule is CC[C@H](C)NC(=O)Nc1ccc(N2CCNC(=O)C2)c(Cl)c1. The van der Waals surface area contributed by atoms with Gasteiger partial charge in [-0.05, 0) is 31.5 Å². The molecule has 0 aliphatic carbocycles. The average molecular weight is 325 g/mol. The molecular weight excluding hydrogens is 304 g/mol. The van der Waals surface area contributed by atoms with Gasteiger partial charge in [0.2, 0.25) is 5.91 Å². The first-order valence-corrected chi connectivity index (χ1v) is 7.76. The Morgan fingerprint density at radius 3 is 2.91 bits per heavy atom. The molecule has 22 heavy (non-hydrogen) atoms. The molecule has 120 valence electrons. The molecule has 6 nitrogen and oxygen atoms in total. The van der Waals surface area contributed by atoms with Crippen molar-refractivity contribution in [2.24, 2.45) is 0 Å². The number of amides is 3. The maximum Gasteiger partial charge on any atom is 0.319 e. The van der Waals surface area contributed by atoms with Crippen molar-refractivity contribution in [2.75, 3.05) is 29.9 Å². The summed E-state index contributed by atoms with van der Waals surface area (Å²) in [6.45, 7) is 5.56. The van der Waals surface area contributed by atoms with E-state index in [4.69, 9.17) is 11.6 Å². The number of carbonyl (C=O) groups is 2. The Hall–Kier alpha value is -1.95. The second-order valence-electron chi connectivity index (χ2n) is 5.35. The normalized spacial score (nSPS) is 16.0. The largest absolute Gasteiger partial charge is 0.359 e. The van der Waals surface area contributed by atoms with Gasteiger partial charge in [-0.3, -0.25) is 4.79 Å². The highest BCUT2D eigenvalue weighted by Crippen LogP contribution is 2.29. The number of benzene rings is 1. The van der Waals surface area contributed by atoms with E-state index in [0.717, 1.165) is 12.1 Å². The summed E-state index contributed by atoms with van der Waals surface area (Å²) in [5.41, 5.74) is 1.42. The third kappa shape index (κ3) is 4.27. The van der Waals surface area contributed by atoms with Gasteiger partial charge in [-0.1, -0.05) is 18.5 Å². The summed E-state index contributed by atoms with van der Waals surface area (Å²) >= 11 is 6.28. The lowest BCUT2D eigenvalue weighted by Gasteiger charge is -2.29. The van der Waals surface area contributed by atoms with Crippen LogP contribution < -0.4 is 20.9 Å². The number of urea groups is 1. The van der Waals surface area contributed by atoms with Gasteiger partial charge in [0.05, 0.1) is 17.3 Å². The van der Waals surface area contributed by atoms with Crippen LogP contribution in [0.3, 0.4) is 0 Å². The van der Waals surface area contributed by atoms with Gasteiger partial charge >= 0.3 is 6.03 Å². The second-order valence-corrected chi connectivity index (χ2v) is 5.75. The minimum absolute atomic E-state index is 0.0163. The van der Waals surface area contributed by atoms with E-state index in [1.54, 1.807) is 12.1 Å². The minimum Gasteiger partial charge on any atom is -0.359 e. The molecule has 0 radical (unpaired) electrons. The van der Waals surface area contributed by atoms with Crippen molar-refractivity contribution >= 4 is 34.9 Å². The first-order chi connectivity index (χ1) is 10.5. The van der Waals surface area contributed by atoms with Crippen molar-refractivity contribution in [3.05, 3.63) is 23.2 Å². The van der Waals surface area contributed by atoms with E-state index in [1.807, 2.05) is 24.8 Å². The Labute approximate surface area is 135 Å². The molecule has 1 aliphatic rings. The van der Waals surface area contributed by atoms with Crippen molar-refractivity contribution in [1.29, 1.82) is 0 Å². The second kappa shape index (κ2) is 7.35. The van der Waals surface area contributed by atoms with Crippen LogP contribution in [0.1, 0.15) is 20.3 Å². The Balaban J connectivity index is 2.03. The zero-order chi connectivity index (χ0) is 16.1. The molecule has 1 aliphatic heterocycles.